The minimum atomic E-state index is -1.51. The molecule has 0 aromatic rings. The van der Waals surface area contributed by atoms with Crippen molar-refractivity contribution < 1.29 is 0 Å². The predicted octanol–water partition coefficient (Wildman–Crippen LogP) is 3.56. The highest BCUT2D eigenvalue weighted by molar-refractivity contribution is 6.88. The molecule has 0 aliphatic heterocycles. The van der Waals surface area contributed by atoms with Crippen molar-refractivity contribution in [1.82, 2.24) is 0 Å². The molecule has 0 fully saturated rings. The van der Waals surface area contributed by atoms with Crippen LogP contribution in [0.4, 0.5) is 0 Å². The second-order valence-corrected chi connectivity index (χ2v) is 7.17. The Hall–Kier alpha value is -1.00. The lowest BCUT2D eigenvalue weighted by molar-refractivity contribution is 1.40. The van der Waals surface area contributed by atoms with Crippen molar-refractivity contribution in [3.8, 4) is 11.5 Å². The van der Waals surface area contributed by atoms with Gasteiger partial charge in [0.2, 0.25) is 0 Å². The van der Waals surface area contributed by atoms with Crippen molar-refractivity contribution in [2.75, 3.05) is 0 Å². The zero-order chi connectivity index (χ0) is 10.2. The molecule has 13 heavy (non-hydrogen) atoms. The molecule has 0 N–H and O–H groups in total. The van der Waals surface area contributed by atoms with Gasteiger partial charge in [0.05, 0.1) is 0 Å². The summed E-state index contributed by atoms with van der Waals surface area (Å²) in [6.07, 6.45) is 5.93. The number of rotatable bonds is 6. The van der Waals surface area contributed by atoms with Gasteiger partial charge in [0.25, 0.3) is 0 Å². The van der Waals surface area contributed by atoms with E-state index in [9.17, 15) is 0 Å². The highest BCUT2D eigenvalue weighted by Crippen LogP contribution is 2.21. The summed E-state index contributed by atoms with van der Waals surface area (Å²) < 4.78 is 0. The van der Waals surface area contributed by atoms with E-state index in [1.54, 1.807) is 0 Å². The monoisotopic (exact) mass is 190 g/mol. The van der Waals surface area contributed by atoms with Gasteiger partial charge in [-0.05, 0) is 25.1 Å². The van der Waals surface area contributed by atoms with E-state index in [0.29, 0.717) is 0 Å². The quantitative estimate of drug-likeness (QED) is 0.341. The summed E-state index contributed by atoms with van der Waals surface area (Å²) in [7, 11) is -1.51. The van der Waals surface area contributed by atoms with Gasteiger partial charge in [-0.2, -0.15) is 0 Å². The number of allylic oxidation sites excluding steroid dienone is 3. The molecular weight excluding hydrogens is 172 g/mol. The van der Waals surface area contributed by atoms with Crippen LogP contribution in [0.25, 0.3) is 0 Å². The molecule has 0 aliphatic carbocycles. The van der Waals surface area contributed by atoms with E-state index in [2.05, 4.69) is 31.2 Å². The first-order valence-corrected chi connectivity index (χ1v) is 7.13. The van der Waals surface area contributed by atoms with Gasteiger partial charge in [-0.25, -0.2) is 0 Å². The maximum absolute atomic E-state index is 3.79. The van der Waals surface area contributed by atoms with Crippen LogP contribution in [0.1, 0.15) is 6.92 Å². The van der Waals surface area contributed by atoms with Crippen molar-refractivity contribution in [2.45, 2.75) is 25.1 Å². The fraction of sp³-hybridized carbons (Fsp3) is 0.333. The van der Waals surface area contributed by atoms with Gasteiger partial charge in [-0.15, -0.1) is 31.2 Å². The largest absolute Gasteiger partial charge is 0.149 e. The van der Waals surface area contributed by atoms with Crippen LogP contribution in [0.15, 0.2) is 38.0 Å². The highest BCUT2D eigenvalue weighted by atomic mass is 28.3. The third-order valence-electron chi connectivity index (χ3n) is 2.00. The second-order valence-electron chi connectivity index (χ2n) is 3.13. The lowest BCUT2D eigenvalue weighted by atomic mass is 10.7. The molecule has 0 rings (SSSR count). The molecule has 1 heteroatoms. The molecule has 0 aliphatic rings. The lowest BCUT2D eigenvalue weighted by Crippen LogP contribution is -2.30. The molecule has 0 nitrogen and oxygen atoms in total. The Labute approximate surface area is 83.1 Å². The fourth-order valence-electron chi connectivity index (χ4n) is 1.50. The molecule has 0 atom stereocenters. The molecule has 0 spiro atoms. The van der Waals surface area contributed by atoms with Gasteiger partial charge in [-0.3, -0.25) is 0 Å². The Balaban J connectivity index is 4.72. The summed E-state index contributed by atoms with van der Waals surface area (Å²) in [4.78, 5) is 0. The average molecular weight is 190 g/mol. The van der Waals surface area contributed by atoms with Crippen molar-refractivity contribution in [1.29, 1.82) is 0 Å². The molecule has 0 unspecified atom stereocenters. The third-order valence-corrected chi connectivity index (χ3v) is 5.99. The van der Waals surface area contributed by atoms with Crippen LogP contribution >= 0.6 is 0 Å². The van der Waals surface area contributed by atoms with E-state index in [4.69, 9.17) is 0 Å². The van der Waals surface area contributed by atoms with Crippen LogP contribution < -0.4 is 0 Å². The zero-order valence-electron chi connectivity index (χ0n) is 8.47. The molecule has 0 saturated heterocycles. The summed E-state index contributed by atoms with van der Waals surface area (Å²) >= 11 is 0. The van der Waals surface area contributed by atoms with E-state index in [0.717, 1.165) is 18.1 Å². The topological polar surface area (TPSA) is 0 Å². The Morgan fingerprint density at radius 2 is 1.38 bits per heavy atom. The van der Waals surface area contributed by atoms with Crippen molar-refractivity contribution in [2.24, 2.45) is 0 Å². The molecule has 0 heterocycles. The van der Waals surface area contributed by atoms with Crippen LogP contribution in [0.3, 0.4) is 0 Å². The Bertz CT molecular complexity index is 213. The molecule has 0 radical (unpaired) electrons. The fourth-order valence-corrected chi connectivity index (χ4v) is 4.49. The number of hydrogen-bond donors (Lipinski definition) is 0. The summed E-state index contributed by atoms with van der Waals surface area (Å²) in [5.41, 5.74) is 3.37. The Morgan fingerprint density at radius 1 is 1.00 bits per heavy atom. The molecule has 70 valence electrons. The van der Waals surface area contributed by atoms with E-state index >= 15 is 0 Å². The van der Waals surface area contributed by atoms with E-state index < -0.39 is 8.07 Å². The number of hydrogen-bond acceptors (Lipinski definition) is 0. The van der Waals surface area contributed by atoms with Gasteiger partial charge in [0, 0.05) is 0 Å². The minimum absolute atomic E-state index is 1.03. The maximum atomic E-state index is 3.79. The first-order chi connectivity index (χ1) is 6.24. The minimum Gasteiger partial charge on any atom is -0.131 e. The Morgan fingerprint density at radius 3 is 1.62 bits per heavy atom. The maximum Gasteiger partial charge on any atom is 0.149 e. The van der Waals surface area contributed by atoms with Gasteiger partial charge in [-0.1, -0.05) is 18.2 Å². The summed E-state index contributed by atoms with van der Waals surface area (Å²) in [5, 5.41) is 0. The zero-order valence-corrected chi connectivity index (χ0v) is 9.47. The summed E-state index contributed by atoms with van der Waals surface area (Å²) in [5.74, 6) is 3.03. The van der Waals surface area contributed by atoms with E-state index in [1.165, 1.54) is 0 Å². The van der Waals surface area contributed by atoms with Gasteiger partial charge in [0.15, 0.2) is 0 Å². The predicted molar refractivity (Wildman–Crippen MR) is 64.2 cm³/mol. The van der Waals surface area contributed by atoms with Crippen molar-refractivity contribution in [3.63, 3.8) is 0 Å². The van der Waals surface area contributed by atoms with Crippen LogP contribution in [0.5, 0.6) is 0 Å². The first kappa shape index (κ1) is 12.0. The molecule has 0 saturated carbocycles. The second kappa shape index (κ2) is 6.51. The van der Waals surface area contributed by atoms with Crippen LogP contribution in [0, 0.1) is 11.5 Å². The molecule has 0 aromatic heterocycles. The third kappa shape index (κ3) is 3.96. The lowest BCUT2D eigenvalue weighted by Gasteiger charge is -2.21. The standard InChI is InChI=1S/C12H18Si/c1-5-9-13(10-6-2,11-7-3)12-8-4/h5-7H,1-3,9-11H2,4H3. The SMILES string of the molecule is C=CC[Si](C#CC)(CC=C)CC=C. The van der Waals surface area contributed by atoms with E-state index in [-0.39, 0.29) is 0 Å². The normalized spacial score (nSPS) is 9.62. The highest BCUT2D eigenvalue weighted by Gasteiger charge is 2.26. The first-order valence-electron chi connectivity index (χ1n) is 4.51. The summed E-state index contributed by atoms with van der Waals surface area (Å²) in [6, 6.07) is 3.10. The van der Waals surface area contributed by atoms with Gasteiger partial charge < -0.3 is 0 Å². The van der Waals surface area contributed by atoms with Gasteiger partial charge in [0.1, 0.15) is 8.07 Å². The molecular formula is C12H18Si. The Kier molecular flexibility index (Phi) is 6.00. The van der Waals surface area contributed by atoms with E-state index in [1.807, 2.05) is 25.2 Å². The van der Waals surface area contributed by atoms with Crippen molar-refractivity contribution in [3.05, 3.63) is 38.0 Å². The van der Waals surface area contributed by atoms with Crippen LogP contribution in [-0.2, 0) is 0 Å². The van der Waals surface area contributed by atoms with Gasteiger partial charge >= 0.3 is 0 Å². The van der Waals surface area contributed by atoms with Crippen molar-refractivity contribution >= 4 is 8.07 Å². The van der Waals surface area contributed by atoms with Crippen LogP contribution in [-0.4, -0.2) is 8.07 Å². The smallest absolute Gasteiger partial charge is 0.131 e. The average Bonchev–Trinajstić information content (AvgIpc) is 2.06. The summed E-state index contributed by atoms with van der Waals surface area (Å²) in [6.45, 7) is 13.3. The van der Waals surface area contributed by atoms with Crippen LogP contribution in [0.2, 0.25) is 18.1 Å². The molecule has 0 amide bonds. The molecule has 0 aromatic carbocycles. The molecule has 0 bridgehead atoms.